The van der Waals surface area contributed by atoms with Crippen molar-refractivity contribution in [3.05, 3.63) is 40.2 Å². The molecule has 0 aliphatic carbocycles. The number of likely N-dealkylation sites (tertiary alicyclic amines) is 1. The van der Waals surface area contributed by atoms with Gasteiger partial charge in [0, 0.05) is 37.2 Å². The maximum Gasteiger partial charge on any atom is 0.336 e. The smallest absolute Gasteiger partial charge is 0.336 e. The average Bonchev–Trinajstić information content (AvgIpc) is 2.25. The zero-order chi connectivity index (χ0) is 13.6. The fourth-order valence-electron chi connectivity index (χ4n) is 2.62. The Hall–Kier alpha value is -1.85. The Morgan fingerprint density at radius 2 is 2.11 bits per heavy atom. The molecule has 0 radical (unpaired) electrons. The Kier molecular flexibility index (Phi) is 2.62. The number of hydrogen-bond acceptors (Lipinski definition) is 5. The number of benzene rings is 1. The summed E-state index contributed by atoms with van der Waals surface area (Å²) in [6.45, 7) is 3.56. The van der Waals surface area contributed by atoms with E-state index < -0.39 is 11.2 Å². The van der Waals surface area contributed by atoms with Gasteiger partial charge in [0.25, 0.3) is 0 Å². The lowest BCUT2D eigenvalue weighted by atomic mass is 9.96. The van der Waals surface area contributed by atoms with E-state index >= 15 is 0 Å². The largest absolute Gasteiger partial charge is 0.508 e. The van der Waals surface area contributed by atoms with Crippen molar-refractivity contribution < 1.29 is 14.6 Å². The van der Waals surface area contributed by atoms with E-state index in [1.54, 1.807) is 19.1 Å². The third-order valence-corrected chi connectivity index (χ3v) is 3.34. The third-order valence-electron chi connectivity index (χ3n) is 3.34. The molecule has 1 aromatic heterocycles. The summed E-state index contributed by atoms with van der Waals surface area (Å²) in [7, 11) is 0. The normalized spacial score (nSPS) is 18.4. The molecule has 0 unspecified atom stereocenters. The summed E-state index contributed by atoms with van der Waals surface area (Å²) in [6.07, 6.45) is 0. The number of β-amino-alcohol motifs (C(OH)–C–C–N with tert-alkyl or cyclic N) is 1. The summed E-state index contributed by atoms with van der Waals surface area (Å²) >= 11 is 0. The molecule has 2 N–H and O–H groups in total. The van der Waals surface area contributed by atoms with Gasteiger partial charge in [-0.3, -0.25) is 4.90 Å². The van der Waals surface area contributed by atoms with E-state index in [1.807, 2.05) is 0 Å². The summed E-state index contributed by atoms with van der Waals surface area (Å²) in [5.41, 5.74) is 0.171. The van der Waals surface area contributed by atoms with Crippen molar-refractivity contribution in [1.29, 1.82) is 0 Å². The number of aromatic hydroxyl groups is 1. The lowest BCUT2D eigenvalue weighted by Crippen LogP contribution is -2.59. The van der Waals surface area contributed by atoms with Crippen LogP contribution < -0.4 is 5.63 Å². The predicted molar refractivity (Wildman–Crippen MR) is 70.0 cm³/mol. The van der Waals surface area contributed by atoms with Crippen molar-refractivity contribution >= 4 is 11.0 Å². The molecular formula is C14H15NO4. The monoisotopic (exact) mass is 261 g/mol. The third kappa shape index (κ3) is 2.34. The van der Waals surface area contributed by atoms with Gasteiger partial charge in [-0.15, -0.1) is 0 Å². The first-order chi connectivity index (χ1) is 8.93. The summed E-state index contributed by atoms with van der Waals surface area (Å²) < 4.78 is 5.07. The highest BCUT2D eigenvalue weighted by Crippen LogP contribution is 2.26. The molecule has 0 spiro atoms. The van der Waals surface area contributed by atoms with Crippen LogP contribution in [0.5, 0.6) is 5.75 Å². The van der Waals surface area contributed by atoms with Gasteiger partial charge in [-0.25, -0.2) is 4.79 Å². The van der Waals surface area contributed by atoms with Gasteiger partial charge in [-0.05, 0) is 24.6 Å². The van der Waals surface area contributed by atoms with E-state index in [1.165, 1.54) is 12.1 Å². The molecule has 100 valence electrons. The van der Waals surface area contributed by atoms with Crippen LogP contribution in [0.1, 0.15) is 12.5 Å². The van der Waals surface area contributed by atoms with Gasteiger partial charge in [0.15, 0.2) is 0 Å². The maximum atomic E-state index is 11.5. The molecule has 1 aliphatic rings. The van der Waals surface area contributed by atoms with Crippen molar-refractivity contribution in [3.63, 3.8) is 0 Å². The summed E-state index contributed by atoms with van der Waals surface area (Å²) in [4.78, 5) is 13.6. The molecule has 1 aliphatic heterocycles. The Morgan fingerprint density at radius 1 is 1.37 bits per heavy atom. The molecule has 1 fully saturated rings. The van der Waals surface area contributed by atoms with E-state index in [0.29, 0.717) is 25.2 Å². The molecule has 5 nitrogen and oxygen atoms in total. The van der Waals surface area contributed by atoms with E-state index in [2.05, 4.69) is 4.90 Å². The number of hydrogen-bond donors (Lipinski definition) is 2. The first-order valence-electron chi connectivity index (χ1n) is 6.13. The highest BCUT2D eigenvalue weighted by molar-refractivity contribution is 5.81. The zero-order valence-corrected chi connectivity index (χ0v) is 10.6. The summed E-state index contributed by atoms with van der Waals surface area (Å²) in [5.74, 6) is 0.0692. The minimum absolute atomic E-state index is 0.0692. The number of fused-ring (bicyclic) bond motifs is 1. The Bertz CT molecular complexity index is 681. The van der Waals surface area contributed by atoms with Crippen molar-refractivity contribution in [2.45, 2.75) is 19.1 Å². The van der Waals surface area contributed by atoms with Crippen LogP contribution in [0.25, 0.3) is 11.0 Å². The molecule has 5 heteroatoms. The fourth-order valence-corrected chi connectivity index (χ4v) is 2.62. The topological polar surface area (TPSA) is 73.9 Å². The van der Waals surface area contributed by atoms with Crippen molar-refractivity contribution in [1.82, 2.24) is 4.90 Å². The SMILES string of the molecule is CC1(O)CN(Cc2cc(=O)oc3cc(O)ccc23)C1. The van der Waals surface area contributed by atoms with Crippen LogP contribution in [0.2, 0.25) is 0 Å². The second kappa shape index (κ2) is 4.08. The first-order valence-corrected chi connectivity index (χ1v) is 6.13. The molecule has 0 saturated carbocycles. The molecule has 19 heavy (non-hydrogen) atoms. The maximum absolute atomic E-state index is 11.5. The van der Waals surface area contributed by atoms with Crippen LogP contribution in [0, 0.1) is 0 Å². The van der Waals surface area contributed by atoms with Gasteiger partial charge in [-0.2, -0.15) is 0 Å². The van der Waals surface area contributed by atoms with Gasteiger partial charge in [0.1, 0.15) is 11.3 Å². The Morgan fingerprint density at radius 3 is 2.79 bits per heavy atom. The Labute approximate surface area is 109 Å². The molecule has 0 atom stereocenters. The van der Waals surface area contributed by atoms with Crippen LogP contribution in [-0.4, -0.2) is 33.8 Å². The highest BCUT2D eigenvalue weighted by atomic mass is 16.4. The van der Waals surface area contributed by atoms with Crippen molar-refractivity contribution in [3.8, 4) is 5.75 Å². The van der Waals surface area contributed by atoms with Crippen molar-refractivity contribution in [2.75, 3.05) is 13.1 Å². The number of aliphatic hydroxyl groups is 1. The van der Waals surface area contributed by atoms with Crippen LogP contribution >= 0.6 is 0 Å². The van der Waals surface area contributed by atoms with Crippen LogP contribution in [0.3, 0.4) is 0 Å². The molecule has 3 rings (SSSR count). The fraction of sp³-hybridized carbons (Fsp3) is 0.357. The predicted octanol–water partition coefficient (Wildman–Crippen LogP) is 1.07. The van der Waals surface area contributed by atoms with Crippen LogP contribution in [0.15, 0.2) is 33.5 Å². The van der Waals surface area contributed by atoms with E-state index in [-0.39, 0.29) is 5.75 Å². The molecule has 0 bridgehead atoms. The van der Waals surface area contributed by atoms with Gasteiger partial charge in [0.05, 0.1) is 5.60 Å². The van der Waals surface area contributed by atoms with E-state index in [0.717, 1.165) is 10.9 Å². The lowest BCUT2D eigenvalue weighted by molar-refractivity contribution is -0.0870. The number of phenolic OH excluding ortho intramolecular Hbond substituents is 1. The van der Waals surface area contributed by atoms with Gasteiger partial charge >= 0.3 is 5.63 Å². The lowest BCUT2D eigenvalue weighted by Gasteiger charge is -2.44. The highest BCUT2D eigenvalue weighted by Gasteiger charge is 2.36. The minimum Gasteiger partial charge on any atom is -0.508 e. The zero-order valence-electron chi connectivity index (χ0n) is 10.6. The first kappa shape index (κ1) is 12.2. The van der Waals surface area contributed by atoms with Gasteiger partial charge < -0.3 is 14.6 Å². The van der Waals surface area contributed by atoms with Crippen LogP contribution in [-0.2, 0) is 6.54 Å². The average molecular weight is 261 g/mol. The molecule has 1 saturated heterocycles. The molecule has 2 aromatic rings. The van der Waals surface area contributed by atoms with E-state index in [4.69, 9.17) is 4.42 Å². The minimum atomic E-state index is -0.631. The molecule has 2 heterocycles. The number of rotatable bonds is 2. The van der Waals surface area contributed by atoms with Crippen LogP contribution in [0.4, 0.5) is 0 Å². The molecule has 1 aromatic carbocycles. The summed E-state index contributed by atoms with van der Waals surface area (Å²) in [5, 5.41) is 19.9. The second-order valence-electron chi connectivity index (χ2n) is 5.41. The summed E-state index contributed by atoms with van der Waals surface area (Å²) in [6, 6.07) is 6.21. The molecular weight excluding hydrogens is 246 g/mol. The number of phenols is 1. The second-order valence-corrected chi connectivity index (χ2v) is 5.41. The molecule has 0 amide bonds. The Balaban J connectivity index is 1.97. The van der Waals surface area contributed by atoms with Gasteiger partial charge in [0.2, 0.25) is 0 Å². The quantitative estimate of drug-likeness (QED) is 0.791. The standard InChI is InChI=1S/C14H15NO4/c1-14(18)7-15(8-14)6-9-4-13(17)19-12-5-10(16)2-3-11(9)12/h2-5,16,18H,6-8H2,1H3. The number of nitrogens with zero attached hydrogens (tertiary/aromatic N) is 1. The van der Waals surface area contributed by atoms with Gasteiger partial charge in [-0.1, -0.05) is 0 Å². The van der Waals surface area contributed by atoms with Crippen molar-refractivity contribution in [2.24, 2.45) is 0 Å². The van der Waals surface area contributed by atoms with E-state index in [9.17, 15) is 15.0 Å².